The van der Waals surface area contributed by atoms with Crippen molar-refractivity contribution in [1.82, 2.24) is 5.43 Å². The molecule has 7 nitrogen and oxygen atoms in total. The Labute approximate surface area is 186 Å². The molecule has 6 N–H and O–H groups in total. The number of hydrogen-bond donors (Lipinski definition) is 5. The van der Waals surface area contributed by atoms with Crippen LogP contribution < -0.4 is 27.2 Å². The number of amides is 2. The number of carbonyl (C=O) groups is 2. The van der Waals surface area contributed by atoms with E-state index in [1.54, 1.807) is 49.4 Å². The van der Waals surface area contributed by atoms with Crippen LogP contribution in [0.25, 0.3) is 0 Å². The molecule has 0 aliphatic heterocycles. The van der Waals surface area contributed by atoms with Gasteiger partial charge in [-0.2, -0.15) is 0 Å². The summed E-state index contributed by atoms with van der Waals surface area (Å²) in [5.74, 6) is 4.26. The van der Waals surface area contributed by atoms with Crippen LogP contribution in [0.4, 0.5) is 17.1 Å². The molecular formula is C23H23N5O2S. The number of para-hydroxylation sites is 1. The summed E-state index contributed by atoms with van der Waals surface area (Å²) in [7, 11) is 0. The molecule has 0 radical (unpaired) electrons. The van der Waals surface area contributed by atoms with Crippen LogP contribution in [0, 0.1) is 0 Å². The van der Waals surface area contributed by atoms with Gasteiger partial charge in [-0.05, 0) is 67.2 Å². The van der Waals surface area contributed by atoms with E-state index in [2.05, 4.69) is 21.4 Å². The highest BCUT2D eigenvalue weighted by atomic mass is 32.1. The maximum absolute atomic E-state index is 12.6. The molecule has 0 aromatic heterocycles. The highest BCUT2D eigenvalue weighted by Crippen LogP contribution is 2.19. The monoisotopic (exact) mass is 433 g/mol. The van der Waals surface area contributed by atoms with Crippen LogP contribution in [-0.2, 0) is 4.79 Å². The fourth-order valence-electron chi connectivity index (χ4n) is 2.89. The van der Waals surface area contributed by atoms with Gasteiger partial charge < -0.3 is 16.0 Å². The van der Waals surface area contributed by atoms with Gasteiger partial charge in [-0.15, -0.1) is 0 Å². The lowest BCUT2D eigenvalue weighted by Crippen LogP contribution is -2.33. The first kappa shape index (κ1) is 21.9. The summed E-state index contributed by atoms with van der Waals surface area (Å²) in [6.45, 7) is 1.76. The molecule has 8 heteroatoms. The molecule has 158 valence electrons. The predicted molar refractivity (Wildman–Crippen MR) is 128 cm³/mol. The van der Waals surface area contributed by atoms with Crippen molar-refractivity contribution in [2.45, 2.75) is 12.8 Å². The second-order valence-corrected chi connectivity index (χ2v) is 7.24. The third kappa shape index (κ3) is 6.11. The van der Waals surface area contributed by atoms with Crippen molar-refractivity contribution in [3.63, 3.8) is 0 Å². The van der Waals surface area contributed by atoms with Gasteiger partial charge in [-0.25, -0.2) is 5.84 Å². The first-order valence-corrected chi connectivity index (χ1v) is 10.0. The standard InChI is InChI=1S/C23H23N5O2S/c1-15(21(29)28-24)16-10-12-19(13-11-16)25-22(30)17-6-5-9-20(14-17)27-23(31)26-18-7-3-2-4-8-18/h2-15H,24H2,1H3,(H,25,30)(H,28,29)(H2,26,27,31). The molecule has 0 heterocycles. The van der Waals surface area contributed by atoms with Gasteiger partial charge >= 0.3 is 0 Å². The lowest BCUT2D eigenvalue weighted by molar-refractivity contribution is -0.122. The molecule has 3 aromatic carbocycles. The molecule has 31 heavy (non-hydrogen) atoms. The molecule has 2 amide bonds. The summed E-state index contributed by atoms with van der Waals surface area (Å²) >= 11 is 5.33. The van der Waals surface area contributed by atoms with Crippen molar-refractivity contribution in [3.8, 4) is 0 Å². The minimum atomic E-state index is -0.383. The quantitative estimate of drug-likeness (QED) is 0.175. The van der Waals surface area contributed by atoms with E-state index in [9.17, 15) is 9.59 Å². The van der Waals surface area contributed by atoms with Crippen LogP contribution in [0.15, 0.2) is 78.9 Å². The minimum Gasteiger partial charge on any atom is -0.332 e. The second-order valence-electron chi connectivity index (χ2n) is 6.83. The number of nitrogens with two attached hydrogens (primary N) is 1. The molecular weight excluding hydrogens is 410 g/mol. The number of carbonyl (C=O) groups excluding carboxylic acids is 2. The van der Waals surface area contributed by atoms with Gasteiger partial charge in [0.05, 0.1) is 5.92 Å². The van der Waals surface area contributed by atoms with Crippen LogP contribution in [0.3, 0.4) is 0 Å². The molecule has 0 aliphatic carbocycles. The molecule has 0 fully saturated rings. The third-order valence-corrected chi connectivity index (χ3v) is 4.82. The Kier molecular flexibility index (Phi) is 7.31. The number of hydrazine groups is 1. The average molecular weight is 434 g/mol. The van der Waals surface area contributed by atoms with Crippen molar-refractivity contribution >= 4 is 46.2 Å². The van der Waals surface area contributed by atoms with Crippen molar-refractivity contribution in [3.05, 3.63) is 90.0 Å². The van der Waals surface area contributed by atoms with E-state index in [0.717, 1.165) is 11.3 Å². The molecule has 0 spiro atoms. The third-order valence-electron chi connectivity index (χ3n) is 4.62. The Morgan fingerprint density at radius 3 is 2.10 bits per heavy atom. The Bertz CT molecular complexity index is 1070. The minimum absolute atomic E-state index is 0.258. The Morgan fingerprint density at radius 2 is 1.42 bits per heavy atom. The molecule has 3 rings (SSSR count). The first-order valence-electron chi connectivity index (χ1n) is 9.61. The zero-order valence-corrected chi connectivity index (χ0v) is 17.7. The summed E-state index contributed by atoms with van der Waals surface area (Å²) < 4.78 is 0. The molecule has 0 saturated carbocycles. The van der Waals surface area contributed by atoms with Gasteiger partial charge in [0, 0.05) is 22.6 Å². The number of anilines is 3. The number of benzene rings is 3. The highest BCUT2D eigenvalue weighted by molar-refractivity contribution is 7.80. The summed E-state index contributed by atoms with van der Waals surface area (Å²) in [6, 6.07) is 23.7. The van der Waals surface area contributed by atoms with Gasteiger partial charge in [-0.3, -0.25) is 15.0 Å². The van der Waals surface area contributed by atoms with Gasteiger partial charge in [0.25, 0.3) is 5.91 Å². The number of hydrogen-bond acceptors (Lipinski definition) is 4. The fraction of sp³-hybridized carbons (Fsp3) is 0.0870. The van der Waals surface area contributed by atoms with Crippen molar-refractivity contribution < 1.29 is 9.59 Å². The van der Waals surface area contributed by atoms with Crippen LogP contribution in [0.1, 0.15) is 28.8 Å². The smallest absolute Gasteiger partial charge is 0.255 e. The van der Waals surface area contributed by atoms with Gasteiger partial charge in [0.2, 0.25) is 5.91 Å². The van der Waals surface area contributed by atoms with E-state index in [0.29, 0.717) is 22.1 Å². The zero-order chi connectivity index (χ0) is 22.2. The number of thiocarbonyl (C=S) groups is 1. The lowest BCUT2D eigenvalue weighted by Gasteiger charge is -2.13. The molecule has 1 unspecified atom stereocenters. The Balaban J connectivity index is 1.62. The van der Waals surface area contributed by atoms with Crippen LogP contribution in [-0.4, -0.2) is 16.9 Å². The van der Waals surface area contributed by atoms with Crippen LogP contribution >= 0.6 is 12.2 Å². The molecule has 0 bridgehead atoms. The van der Waals surface area contributed by atoms with Crippen molar-refractivity contribution in [2.24, 2.45) is 5.84 Å². The van der Waals surface area contributed by atoms with E-state index in [-0.39, 0.29) is 17.7 Å². The van der Waals surface area contributed by atoms with Crippen molar-refractivity contribution in [1.29, 1.82) is 0 Å². The molecule has 0 saturated heterocycles. The number of rotatable bonds is 6. The zero-order valence-electron chi connectivity index (χ0n) is 16.9. The normalized spacial score (nSPS) is 11.2. The average Bonchev–Trinajstić information content (AvgIpc) is 2.79. The van der Waals surface area contributed by atoms with Gasteiger partial charge in [-0.1, -0.05) is 36.4 Å². The maximum atomic E-state index is 12.6. The van der Waals surface area contributed by atoms with Gasteiger partial charge in [0.1, 0.15) is 0 Å². The number of nitrogens with one attached hydrogen (secondary N) is 4. The van der Waals surface area contributed by atoms with Crippen LogP contribution in [0.2, 0.25) is 0 Å². The second kappa shape index (κ2) is 10.3. The van der Waals surface area contributed by atoms with E-state index < -0.39 is 0 Å². The van der Waals surface area contributed by atoms with Crippen LogP contribution in [0.5, 0.6) is 0 Å². The lowest BCUT2D eigenvalue weighted by atomic mass is 10.0. The summed E-state index contributed by atoms with van der Waals surface area (Å²) in [5.41, 5.74) is 5.60. The summed E-state index contributed by atoms with van der Waals surface area (Å²) in [5, 5.41) is 9.44. The predicted octanol–water partition coefficient (Wildman–Crippen LogP) is 3.84. The van der Waals surface area contributed by atoms with E-state index in [1.807, 2.05) is 36.4 Å². The Hall–Kier alpha value is -3.75. The van der Waals surface area contributed by atoms with Crippen molar-refractivity contribution in [2.75, 3.05) is 16.0 Å². The maximum Gasteiger partial charge on any atom is 0.255 e. The van der Waals surface area contributed by atoms with E-state index in [4.69, 9.17) is 18.1 Å². The topological polar surface area (TPSA) is 108 Å². The molecule has 1 atom stereocenters. The van der Waals surface area contributed by atoms with E-state index in [1.165, 1.54) is 0 Å². The molecule has 3 aromatic rings. The van der Waals surface area contributed by atoms with E-state index >= 15 is 0 Å². The SMILES string of the molecule is CC(C(=O)NN)c1ccc(NC(=O)c2cccc(NC(=S)Nc3ccccc3)c2)cc1. The Morgan fingerprint density at radius 1 is 0.806 bits per heavy atom. The first-order chi connectivity index (χ1) is 15.0. The summed E-state index contributed by atoms with van der Waals surface area (Å²) in [4.78, 5) is 24.3. The molecule has 0 aliphatic rings. The summed E-state index contributed by atoms with van der Waals surface area (Å²) in [6.07, 6.45) is 0. The fourth-order valence-corrected chi connectivity index (χ4v) is 3.12. The highest BCUT2D eigenvalue weighted by Gasteiger charge is 2.14. The largest absolute Gasteiger partial charge is 0.332 e. The van der Waals surface area contributed by atoms with Gasteiger partial charge in [0.15, 0.2) is 5.11 Å².